The minimum Gasteiger partial charge on any atom is -0.494 e. The summed E-state index contributed by atoms with van der Waals surface area (Å²) in [6.07, 6.45) is 0. The summed E-state index contributed by atoms with van der Waals surface area (Å²) in [6.45, 7) is 4.79. The second-order valence-electron chi connectivity index (χ2n) is 4.44. The van der Waals surface area contributed by atoms with E-state index < -0.39 is 0 Å². The third kappa shape index (κ3) is 3.34. The summed E-state index contributed by atoms with van der Waals surface area (Å²) < 4.78 is 11.0. The highest BCUT2D eigenvalue weighted by atomic mass is 16.5. The molecule has 4 heteroatoms. The summed E-state index contributed by atoms with van der Waals surface area (Å²) in [7, 11) is 0. The van der Waals surface area contributed by atoms with Crippen molar-refractivity contribution >= 4 is 11.5 Å². The van der Waals surface area contributed by atoms with Crippen LogP contribution in [0.5, 0.6) is 11.5 Å². The maximum absolute atomic E-state index is 12.7. The molecule has 0 aliphatic rings. The van der Waals surface area contributed by atoms with Gasteiger partial charge in [0, 0.05) is 11.3 Å². The highest BCUT2D eigenvalue weighted by Gasteiger charge is 2.17. The number of ketones is 1. The molecule has 0 unspecified atom stereocenters. The average Bonchev–Trinajstić information content (AvgIpc) is 2.49. The van der Waals surface area contributed by atoms with Gasteiger partial charge in [-0.2, -0.15) is 0 Å². The number of nitrogens with two attached hydrogens (primary N) is 1. The van der Waals surface area contributed by atoms with Crippen LogP contribution in [-0.2, 0) is 0 Å². The van der Waals surface area contributed by atoms with E-state index in [1.54, 1.807) is 42.5 Å². The normalized spacial score (nSPS) is 10.2. The van der Waals surface area contributed by atoms with Crippen LogP contribution in [0.15, 0.2) is 42.5 Å². The third-order valence-electron chi connectivity index (χ3n) is 3.01. The molecular formula is C17H19NO3. The summed E-state index contributed by atoms with van der Waals surface area (Å²) in [5.74, 6) is 1.01. The Morgan fingerprint density at radius 1 is 1.00 bits per heavy atom. The quantitative estimate of drug-likeness (QED) is 0.653. The number of nitrogen functional groups attached to an aromatic ring is 1. The molecule has 21 heavy (non-hydrogen) atoms. The van der Waals surface area contributed by atoms with Crippen LogP contribution in [0.25, 0.3) is 0 Å². The van der Waals surface area contributed by atoms with Crippen LogP contribution in [0.3, 0.4) is 0 Å². The van der Waals surface area contributed by atoms with Crippen LogP contribution >= 0.6 is 0 Å². The molecule has 2 aromatic carbocycles. The first-order chi connectivity index (χ1) is 10.2. The lowest BCUT2D eigenvalue weighted by Crippen LogP contribution is -2.08. The number of hydrogen-bond donors (Lipinski definition) is 1. The van der Waals surface area contributed by atoms with Gasteiger partial charge in [0.05, 0.1) is 18.8 Å². The van der Waals surface area contributed by atoms with Crippen LogP contribution in [0.4, 0.5) is 5.69 Å². The van der Waals surface area contributed by atoms with E-state index in [1.807, 2.05) is 13.8 Å². The van der Waals surface area contributed by atoms with Crippen molar-refractivity contribution in [2.24, 2.45) is 0 Å². The molecular weight excluding hydrogens is 266 g/mol. The summed E-state index contributed by atoms with van der Waals surface area (Å²) in [5.41, 5.74) is 7.26. The number of carbonyl (C=O) groups is 1. The molecule has 0 heterocycles. The van der Waals surface area contributed by atoms with Crippen LogP contribution in [0.1, 0.15) is 29.8 Å². The molecule has 0 aliphatic heterocycles. The molecule has 2 aromatic rings. The maximum atomic E-state index is 12.7. The van der Waals surface area contributed by atoms with Crippen molar-refractivity contribution in [2.45, 2.75) is 13.8 Å². The molecule has 4 nitrogen and oxygen atoms in total. The van der Waals surface area contributed by atoms with Gasteiger partial charge < -0.3 is 15.2 Å². The number of para-hydroxylation sites is 1. The van der Waals surface area contributed by atoms with E-state index in [2.05, 4.69) is 0 Å². The Morgan fingerprint density at radius 2 is 1.71 bits per heavy atom. The lowest BCUT2D eigenvalue weighted by Gasteiger charge is -2.12. The number of benzene rings is 2. The SMILES string of the molecule is CCOc1ccc(OCC)c(C(=O)c2ccccc2N)c1. The summed E-state index contributed by atoms with van der Waals surface area (Å²) in [5, 5.41) is 0. The molecule has 0 spiro atoms. The van der Waals surface area contributed by atoms with Gasteiger partial charge in [-0.15, -0.1) is 0 Å². The fraction of sp³-hybridized carbons (Fsp3) is 0.235. The van der Waals surface area contributed by atoms with Gasteiger partial charge in [-0.1, -0.05) is 12.1 Å². The van der Waals surface area contributed by atoms with E-state index >= 15 is 0 Å². The number of rotatable bonds is 6. The lowest BCUT2D eigenvalue weighted by atomic mass is 10.0. The Hall–Kier alpha value is -2.49. The topological polar surface area (TPSA) is 61.5 Å². The molecule has 0 amide bonds. The zero-order chi connectivity index (χ0) is 15.2. The number of carbonyl (C=O) groups excluding carboxylic acids is 1. The van der Waals surface area contributed by atoms with Gasteiger partial charge in [0.25, 0.3) is 0 Å². The summed E-state index contributed by atoms with van der Waals surface area (Å²) in [4.78, 5) is 12.7. The van der Waals surface area contributed by atoms with Crippen molar-refractivity contribution in [3.8, 4) is 11.5 Å². The van der Waals surface area contributed by atoms with Crippen LogP contribution in [0, 0.1) is 0 Å². The van der Waals surface area contributed by atoms with E-state index in [-0.39, 0.29) is 5.78 Å². The predicted molar refractivity (Wildman–Crippen MR) is 83.1 cm³/mol. The van der Waals surface area contributed by atoms with Gasteiger partial charge in [-0.3, -0.25) is 4.79 Å². The molecule has 2 N–H and O–H groups in total. The van der Waals surface area contributed by atoms with Crippen molar-refractivity contribution in [1.29, 1.82) is 0 Å². The molecule has 0 atom stereocenters. The molecule has 0 fully saturated rings. The van der Waals surface area contributed by atoms with E-state index in [0.717, 1.165) is 0 Å². The molecule has 0 aromatic heterocycles. The third-order valence-corrected chi connectivity index (χ3v) is 3.01. The van der Waals surface area contributed by atoms with Crippen LogP contribution < -0.4 is 15.2 Å². The number of anilines is 1. The Kier molecular flexibility index (Phi) is 4.82. The zero-order valence-electron chi connectivity index (χ0n) is 12.3. The fourth-order valence-corrected chi connectivity index (χ4v) is 2.07. The smallest absolute Gasteiger partial charge is 0.198 e. The fourth-order valence-electron chi connectivity index (χ4n) is 2.07. The lowest BCUT2D eigenvalue weighted by molar-refractivity contribution is 0.103. The molecule has 110 valence electrons. The summed E-state index contributed by atoms with van der Waals surface area (Å²) >= 11 is 0. The van der Waals surface area contributed by atoms with Crippen LogP contribution in [-0.4, -0.2) is 19.0 Å². The Bertz CT molecular complexity index is 638. The summed E-state index contributed by atoms with van der Waals surface area (Å²) in [6, 6.07) is 12.2. The molecule has 0 bridgehead atoms. The van der Waals surface area contributed by atoms with E-state index in [4.69, 9.17) is 15.2 Å². The van der Waals surface area contributed by atoms with Gasteiger partial charge in [0.15, 0.2) is 5.78 Å². The van der Waals surface area contributed by atoms with Crippen molar-refractivity contribution in [3.63, 3.8) is 0 Å². The van der Waals surface area contributed by atoms with E-state index in [9.17, 15) is 4.79 Å². The Morgan fingerprint density at radius 3 is 2.38 bits per heavy atom. The standard InChI is InChI=1S/C17H19NO3/c1-3-20-12-9-10-16(21-4-2)14(11-12)17(19)13-7-5-6-8-15(13)18/h5-11H,3-4,18H2,1-2H3. The van der Waals surface area contributed by atoms with Crippen molar-refractivity contribution in [2.75, 3.05) is 18.9 Å². The number of hydrogen-bond acceptors (Lipinski definition) is 4. The van der Waals surface area contributed by atoms with E-state index in [1.165, 1.54) is 0 Å². The van der Waals surface area contributed by atoms with Gasteiger partial charge >= 0.3 is 0 Å². The Balaban J connectivity index is 2.46. The number of ether oxygens (including phenoxy) is 2. The molecule has 0 aliphatic carbocycles. The van der Waals surface area contributed by atoms with Crippen molar-refractivity contribution in [3.05, 3.63) is 53.6 Å². The maximum Gasteiger partial charge on any atom is 0.198 e. The largest absolute Gasteiger partial charge is 0.494 e. The second-order valence-corrected chi connectivity index (χ2v) is 4.44. The Labute approximate surface area is 124 Å². The highest BCUT2D eigenvalue weighted by Crippen LogP contribution is 2.28. The molecule has 2 rings (SSSR count). The van der Waals surface area contributed by atoms with Crippen LogP contribution in [0.2, 0.25) is 0 Å². The zero-order valence-corrected chi connectivity index (χ0v) is 12.3. The van der Waals surface area contributed by atoms with E-state index in [0.29, 0.717) is 41.5 Å². The minimum absolute atomic E-state index is 0.168. The average molecular weight is 285 g/mol. The minimum atomic E-state index is -0.168. The molecule has 0 saturated carbocycles. The first-order valence-corrected chi connectivity index (χ1v) is 6.96. The molecule has 0 saturated heterocycles. The predicted octanol–water partition coefficient (Wildman–Crippen LogP) is 3.30. The van der Waals surface area contributed by atoms with Gasteiger partial charge in [0.1, 0.15) is 11.5 Å². The first kappa shape index (κ1) is 14.9. The van der Waals surface area contributed by atoms with Gasteiger partial charge in [-0.25, -0.2) is 0 Å². The van der Waals surface area contributed by atoms with Crippen molar-refractivity contribution in [1.82, 2.24) is 0 Å². The second kappa shape index (κ2) is 6.79. The highest BCUT2D eigenvalue weighted by molar-refractivity contribution is 6.13. The monoisotopic (exact) mass is 285 g/mol. The van der Waals surface area contributed by atoms with Gasteiger partial charge in [-0.05, 0) is 44.2 Å². The van der Waals surface area contributed by atoms with Crippen molar-refractivity contribution < 1.29 is 14.3 Å². The first-order valence-electron chi connectivity index (χ1n) is 6.96. The molecule has 0 radical (unpaired) electrons. The van der Waals surface area contributed by atoms with Gasteiger partial charge in [0.2, 0.25) is 0 Å².